The fraction of sp³-hybridized carbons (Fsp3) is 0.0909. The number of nitrogens with zero attached hydrogens (tertiary/aromatic N) is 6. The molecular formula is C44H36MnN8O6. The van der Waals surface area contributed by atoms with E-state index in [4.69, 9.17) is 9.97 Å². The second-order valence-electron chi connectivity index (χ2n) is 12.9. The van der Waals surface area contributed by atoms with Crippen molar-refractivity contribution in [2.24, 2.45) is 0 Å². The van der Waals surface area contributed by atoms with Crippen LogP contribution < -0.4 is 10.2 Å². The van der Waals surface area contributed by atoms with Crippen LogP contribution in [-0.2, 0) is 26.7 Å². The van der Waals surface area contributed by atoms with Gasteiger partial charge in [-0.15, -0.1) is 0 Å². The molecule has 59 heavy (non-hydrogen) atoms. The molecule has 0 aliphatic carbocycles. The Balaban J connectivity index is 0.000000177. The number of aliphatic carboxylic acids is 2. The molecule has 0 saturated carbocycles. The molecule has 15 heteroatoms. The minimum Gasteiger partial charge on any atom is -0.550 e. The molecule has 0 fully saturated rings. The first-order valence-corrected chi connectivity index (χ1v) is 18.0. The van der Waals surface area contributed by atoms with E-state index in [1.54, 1.807) is 24.8 Å². The SMILES string of the molecule is O.O.O=C([O-])CCCCC(=O)[O-].[Mn+2].c1ccc(-c2nc3c4cccnc4c4ncccc4c3[nH]2)cc1.c1ccc(-c2nc3c4cccnc4c4ncccc4c3[nH]2)cc1. The van der Waals surface area contributed by atoms with Crippen molar-refractivity contribution in [1.29, 1.82) is 0 Å². The Bertz CT molecular complexity index is 2670. The van der Waals surface area contributed by atoms with Crippen LogP contribution in [0.25, 0.3) is 88.5 Å². The Morgan fingerprint density at radius 1 is 0.441 bits per heavy atom. The number of carboxylic acid groups (broad SMARTS) is 2. The normalized spacial score (nSPS) is 10.5. The fourth-order valence-corrected chi connectivity index (χ4v) is 6.69. The van der Waals surface area contributed by atoms with Gasteiger partial charge >= 0.3 is 17.1 Å². The van der Waals surface area contributed by atoms with E-state index in [-0.39, 0.29) is 40.9 Å². The van der Waals surface area contributed by atoms with Crippen LogP contribution in [0.1, 0.15) is 25.7 Å². The second kappa shape index (κ2) is 19.3. The van der Waals surface area contributed by atoms with E-state index >= 15 is 0 Å². The molecule has 4 aromatic carbocycles. The summed E-state index contributed by atoms with van der Waals surface area (Å²) in [5.41, 5.74) is 9.61. The number of nitrogens with one attached hydrogen (secondary N) is 2. The molecule has 0 bridgehead atoms. The van der Waals surface area contributed by atoms with Crippen molar-refractivity contribution in [3.05, 3.63) is 134 Å². The summed E-state index contributed by atoms with van der Waals surface area (Å²) in [6.45, 7) is 0. The van der Waals surface area contributed by atoms with Gasteiger partial charge in [-0.25, -0.2) is 9.97 Å². The predicted molar refractivity (Wildman–Crippen MR) is 220 cm³/mol. The molecule has 0 spiro atoms. The molecule has 0 amide bonds. The largest absolute Gasteiger partial charge is 2.00 e. The van der Waals surface area contributed by atoms with Gasteiger partial charge in [-0.1, -0.05) is 60.7 Å². The van der Waals surface area contributed by atoms with Crippen molar-refractivity contribution >= 4 is 77.6 Å². The maximum absolute atomic E-state index is 9.77. The quantitative estimate of drug-likeness (QED) is 0.123. The molecule has 0 aliphatic rings. The van der Waals surface area contributed by atoms with Gasteiger partial charge in [-0.3, -0.25) is 19.9 Å². The van der Waals surface area contributed by atoms with E-state index in [2.05, 4.69) is 78.4 Å². The first-order valence-electron chi connectivity index (χ1n) is 18.0. The second-order valence-corrected chi connectivity index (χ2v) is 12.9. The van der Waals surface area contributed by atoms with Crippen molar-refractivity contribution < 1.29 is 47.8 Å². The van der Waals surface area contributed by atoms with Crippen LogP contribution in [-0.4, -0.2) is 62.8 Å². The van der Waals surface area contributed by atoms with E-state index in [0.29, 0.717) is 12.8 Å². The number of H-pyrrole nitrogens is 2. The molecule has 6 heterocycles. The predicted octanol–water partition coefficient (Wildman–Crippen LogP) is 5.05. The Hall–Kier alpha value is -7.16. The number of benzene rings is 4. The van der Waals surface area contributed by atoms with Gasteiger partial charge in [0.15, 0.2) is 0 Å². The zero-order valence-corrected chi connectivity index (χ0v) is 32.4. The first-order chi connectivity index (χ1) is 27.5. The summed E-state index contributed by atoms with van der Waals surface area (Å²) < 4.78 is 0. The van der Waals surface area contributed by atoms with Crippen molar-refractivity contribution in [2.75, 3.05) is 0 Å². The third-order valence-corrected chi connectivity index (χ3v) is 9.24. The van der Waals surface area contributed by atoms with Crippen LogP contribution >= 0.6 is 0 Å². The van der Waals surface area contributed by atoms with Crippen molar-refractivity contribution in [2.45, 2.75) is 25.7 Å². The maximum Gasteiger partial charge on any atom is 2.00 e. The average Bonchev–Trinajstić information content (AvgIpc) is 3.91. The molecule has 1 radical (unpaired) electrons. The van der Waals surface area contributed by atoms with Gasteiger partial charge in [0.25, 0.3) is 0 Å². The number of imidazole rings is 2. The van der Waals surface area contributed by atoms with Gasteiger partial charge in [-0.2, -0.15) is 0 Å². The number of carbonyl (C=O) groups excluding carboxylic acids is 2. The molecule has 0 unspecified atom stereocenters. The molecule has 14 nitrogen and oxygen atoms in total. The molecule has 10 rings (SSSR count). The number of unbranched alkanes of at least 4 members (excludes halogenated alkanes) is 1. The summed E-state index contributed by atoms with van der Waals surface area (Å²) in [4.78, 5) is 54.3. The Labute approximate surface area is 346 Å². The van der Waals surface area contributed by atoms with Crippen molar-refractivity contribution in [1.82, 2.24) is 39.9 Å². The summed E-state index contributed by atoms with van der Waals surface area (Å²) in [5.74, 6) is -0.555. The van der Waals surface area contributed by atoms with Gasteiger partial charge < -0.3 is 40.7 Å². The van der Waals surface area contributed by atoms with Crippen LogP contribution in [0, 0.1) is 0 Å². The van der Waals surface area contributed by atoms with E-state index in [1.807, 2.05) is 60.7 Å². The molecule has 6 N–H and O–H groups in total. The molecule has 295 valence electrons. The number of pyridine rings is 4. The third kappa shape index (κ3) is 9.04. The molecule has 0 saturated heterocycles. The van der Waals surface area contributed by atoms with Crippen molar-refractivity contribution in [3.8, 4) is 22.8 Å². The Kier molecular flexibility index (Phi) is 14.1. The van der Waals surface area contributed by atoms with Gasteiger partial charge in [-0.05, 0) is 74.2 Å². The molecular weight excluding hydrogens is 791 g/mol. The molecule has 6 aromatic heterocycles. The van der Waals surface area contributed by atoms with Gasteiger partial charge in [0.05, 0.1) is 44.1 Å². The van der Waals surface area contributed by atoms with Crippen molar-refractivity contribution in [3.63, 3.8) is 0 Å². The van der Waals surface area contributed by atoms with E-state index in [9.17, 15) is 19.8 Å². The minimum absolute atomic E-state index is 0. The monoisotopic (exact) mass is 827 g/mol. The zero-order chi connectivity index (χ0) is 38.4. The fourth-order valence-electron chi connectivity index (χ4n) is 6.69. The zero-order valence-electron chi connectivity index (χ0n) is 31.2. The summed E-state index contributed by atoms with van der Waals surface area (Å²) in [7, 11) is 0. The summed E-state index contributed by atoms with van der Waals surface area (Å²) in [6, 6.07) is 36.3. The van der Waals surface area contributed by atoms with Crippen LogP contribution in [0.15, 0.2) is 134 Å². The first kappa shape index (κ1) is 43.0. The standard InChI is InChI=1S/2C19H12N4.C6H10O4.Mn.2H2O/c2*1-2-6-12(7-3-1)19-22-17-13-8-4-10-20-15(13)16-14(18(17)23-19)9-5-11-21-16;7-5(8)3-1-2-4-6(9)10;;;/h2*1-11H,(H,22,23);1-4H2,(H,7,8)(H,9,10);;2*1H2/q;;;+2;;/p-2. The third-order valence-electron chi connectivity index (χ3n) is 9.24. The number of aromatic amines is 2. The van der Waals surface area contributed by atoms with E-state index in [0.717, 1.165) is 88.5 Å². The van der Waals surface area contributed by atoms with Gasteiger partial charge in [0.1, 0.15) is 11.6 Å². The van der Waals surface area contributed by atoms with E-state index in [1.165, 1.54) is 0 Å². The number of hydrogen-bond donors (Lipinski definition) is 2. The Morgan fingerprint density at radius 3 is 1.10 bits per heavy atom. The smallest absolute Gasteiger partial charge is 0.550 e. The van der Waals surface area contributed by atoms with Crippen LogP contribution in [0.4, 0.5) is 0 Å². The molecule has 10 aromatic rings. The summed E-state index contributed by atoms with van der Waals surface area (Å²) >= 11 is 0. The topological polar surface area (TPSA) is 252 Å². The average molecular weight is 828 g/mol. The number of fused-ring (bicyclic) bond motifs is 12. The van der Waals surface area contributed by atoms with E-state index < -0.39 is 11.9 Å². The van der Waals surface area contributed by atoms with Crippen LogP contribution in [0.2, 0.25) is 0 Å². The Morgan fingerprint density at radius 2 is 0.763 bits per heavy atom. The van der Waals surface area contributed by atoms with Gasteiger partial charge in [0, 0.05) is 69.4 Å². The number of carboxylic acids is 2. The number of carbonyl (C=O) groups is 2. The summed E-state index contributed by atoms with van der Waals surface area (Å²) in [5, 5.41) is 23.7. The van der Waals surface area contributed by atoms with Crippen LogP contribution in [0.3, 0.4) is 0 Å². The maximum atomic E-state index is 9.77. The number of aromatic nitrogens is 8. The number of rotatable bonds is 7. The number of hydrogen-bond acceptors (Lipinski definition) is 10. The summed E-state index contributed by atoms with van der Waals surface area (Å²) in [6.07, 6.45) is 7.74. The minimum atomic E-state index is -1.14. The van der Waals surface area contributed by atoms with Crippen LogP contribution in [0.5, 0.6) is 0 Å². The molecule has 0 atom stereocenters. The molecule has 0 aliphatic heterocycles. The van der Waals surface area contributed by atoms with Gasteiger partial charge in [0.2, 0.25) is 0 Å².